The average Bonchev–Trinajstić information content (AvgIpc) is 3.45. The molecule has 1 saturated carbocycles. The number of nitrogens with two attached hydrogens (primary N) is 1. The lowest BCUT2D eigenvalue weighted by Crippen LogP contribution is -2.44. The molecule has 1 aromatic carbocycles. The summed E-state index contributed by atoms with van der Waals surface area (Å²) >= 11 is 0. The fourth-order valence-electron chi connectivity index (χ4n) is 3.88. The number of nitrogens with zero attached hydrogens (tertiary/aromatic N) is 3. The smallest absolute Gasteiger partial charge is 0.350 e. The van der Waals surface area contributed by atoms with Gasteiger partial charge in [-0.2, -0.15) is 4.68 Å². The van der Waals surface area contributed by atoms with Crippen molar-refractivity contribution in [3.8, 4) is 0 Å². The number of rotatable bonds is 7. The molecule has 0 bridgehead atoms. The summed E-state index contributed by atoms with van der Waals surface area (Å²) in [5.41, 5.74) is 0.155. The second-order valence-electron chi connectivity index (χ2n) is 7.45. The van der Waals surface area contributed by atoms with Gasteiger partial charge in [0.1, 0.15) is 5.82 Å². The van der Waals surface area contributed by atoms with Gasteiger partial charge in [0.05, 0.1) is 16.6 Å². The molecule has 0 spiro atoms. The minimum absolute atomic E-state index is 0.00417. The van der Waals surface area contributed by atoms with Gasteiger partial charge in [-0.3, -0.25) is 9.36 Å². The van der Waals surface area contributed by atoms with Gasteiger partial charge in [-0.25, -0.2) is 9.18 Å². The van der Waals surface area contributed by atoms with Crippen molar-refractivity contribution in [3.05, 3.63) is 38.3 Å². The van der Waals surface area contributed by atoms with Crippen LogP contribution in [-0.2, 0) is 0 Å². The Bertz CT molecular complexity index is 978. The number of benzene rings is 1. The van der Waals surface area contributed by atoms with Crippen molar-refractivity contribution < 1.29 is 9.50 Å². The third kappa shape index (κ3) is 3.34. The molecule has 1 aromatic heterocycles. The largest absolute Gasteiger partial charge is 0.396 e. The SMILES string of the molecule is CCC(CCO)CN(C)c1c(F)cc2c(=O)n(N)c(=O)n(C3CC3)c2c1C. The third-order valence-electron chi connectivity index (χ3n) is 5.51. The maximum absolute atomic E-state index is 15.0. The maximum Gasteiger partial charge on any atom is 0.350 e. The predicted octanol–water partition coefficient (Wildman–Crippen LogP) is 1.50. The van der Waals surface area contributed by atoms with E-state index in [9.17, 15) is 19.1 Å². The normalized spacial score (nSPS) is 15.3. The van der Waals surface area contributed by atoms with E-state index in [0.29, 0.717) is 34.4 Å². The fraction of sp³-hybridized carbons (Fsp3) is 0.579. The predicted molar refractivity (Wildman–Crippen MR) is 104 cm³/mol. The van der Waals surface area contributed by atoms with Crippen LogP contribution in [0.25, 0.3) is 10.9 Å². The minimum atomic E-state index is -0.685. The zero-order valence-corrected chi connectivity index (χ0v) is 16.0. The lowest BCUT2D eigenvalue weighted by Gasteiger charge is -2.27. The van der Waals surface area contributed by atoms with Crippen LogP contribution in [0.5, 0.6) is 0 Å². The van der Waals surface area contributed by atoms with Gasteiger partial charge in [0.2, 0.25) is 0 Å². The highest BCUT2D eigenvalue weighted by Crippen LogP contribution is 2.38. The lowest BCUT2D eigenvalue weighted by molar-refractivity contribution is 0.255. The zero-order chi connectivity index (χ0) is 19.9. The second kappa shape index (κ2) is 7.34. The van der Waals surface area contributed by atoms with E-state index in [-0.39, 0.29) is 24.0 Å². The molecule has 1 unspecified atom stereocenters. The van der Waals surface area contributed by atoms with Crippen molar-refractivity contribution in [2.75, 3.05) is 30.9 Å². The first-order valence-corrected chi connectivity index (χ1v) is 9.39. The van der Waals surface area contributed by atoms with E-state index in [2.05, 4.69) is 0 Å². The molecule has 1 aliphatic rings. The molecule has 8 heteroatoms. The van der Waals surface area contributed by atoms with Crippen molar-refractivity contribution in [2.45, 2.75) is 45.6 Å². The van der Waals surface area contributed by atoms with Gasteiger partial charge < -0.3 is 15.8 Å². The number of aromatic nitrogens is 2. The Balaban J connectivity index is 2.21. The highest BCUT2D eigenvalue weighted by molar-refractivity contribution is 5.87. The standard InChI is InChI=1S/C19H27FN4O3/c1-4-12(7-8-25)10-22(3)17-11(2)16-14(9-15(17)20)18(26)24(21)19(27)23(16)13-5-6-13/h9,12-13,25H,4-8,10,21H2,1-3H3. The summed E-state index contributed by atoms with van der Waals surface area (Å²) in [4.78, 5) is 26.8. The number of aliphatic hydroxyl groups excluding tert-OH is 1. The molecular formula is C19H27FN4O3. The van der Waals surface area contributed by atoms with Gasteiger partial charge in [0.15, 0.2) is 0 Å². The summed E-state index contributed by atoms with van der Waals surface area (Å²) in [5.74, 6) is 5.35. The average molecular weight is 378 g/mol. The minimum Gasteiger partial charge on any atom is -0.396 e. The van der Waals surface area contributed by atoms with Crippen LogP contribution < -0.4 is 22.0 Å². The molecule has 1 heterocycles. The van der Waals surface area contributed by atoms with E-state index in [0.717, 1.165) is 19.3 Å². The second-order valence-corrected chi connectivity index (χ2v) is 7.45. The lowest BCUT2D eigenvalue weighted by atomic mass is 10.0. The Morgan fingerprint density at radius 1 is 1.41 bits per heavy atom. The van der Waals surface area contributed by atoms with Crippen LogP contribution in [0.3, 0.4) is 0 Å². The Morgan fingerprint density at radius 2 is 2.07 bits per heavy atom. The Morgan fingerprint density at radius 3 is 2.63 bits per heavy atom. The van der Waals surface area contributed by atoms with Gasteiger partial charge in [-0.05, 0) is 38.2 Å². The first kappa shape index (κ1) is 19.4. The van der Waals surface area contributed by atoms with E-state index >= 15 is 0 Å². The first-order chi connectivity index (χ1) is 12.8. The molecule has 0 radical (unpaired) electrons. The molecule has 1 fully saturated rings. The van der Waals surface area contributed by atoms with Crippen LogP contribution in [0.1, 0.15) is 44.2 Å². The monoisotopic (exact) mass is 378 g/mol. The van der Waals surface area contributed by atoms with Crippen molar-refractivity contribution in [1.29, 1.82) is 0 Å². The molecule has 1 aliphatic carbocycles. The van der Waals surface area contributed by atoms with Crippen LogP contribution in [0.2, 0.25) is 0 Å². The van der Waals surface area contributed by atoms with Gasteiger partial charge >= 0.3 is 5.69 Å². The maximum atomic E-state index is 15.0. The summed E-state index contributed by atoms with van der Waals surface area (Å²) in [6.45, 7) is 4.43. The number of aryl methyl sites for hydroxylation is 1. The van der Waals surface area contributed by atoms with E-state index in [1.54, 1.807) is 14.0 Å². The number of hydrogen-bond acceptors (Lipinski definition) is 5. The molecule has 0 amide bonds. The van der Waals surface area contributed by atoms with Crippen LogP contribution >= 0.6 is 0 Å². The molecule has 7 nitrogen and oxygen atoms in total. The van der Waals surface area contributed by atoms with Crippen LogP contribution in [-0.4, -0.2) is 34.5 Å². The zero-order valence-electron chi connectivity index (χ0n) is 16.0. The van der Waals surface area contributed by atoms with Gasteiger partial charge in [0, 0.05) is 31.8 Å². The van der Waals surface area contributed by atoms with Crippen molar-refractivity contribution >= 4 is 16.6 Å². The molecule has 0 saturated heterocycles. The van der Waals surface area contributed by atoms with Crippen molar-refractivity contribution in [3.63, 3.8) is 0 Å². The van der Waals surface area contributed by atoms with E-state index < -0.39 is 17.1 Å². The highest BCUT2D eigenvalue weighted by Gasteiger charge is 2.30. The number of halogens is 1. The number of fused-ring (bicyclic) bond motifs is 1. The molecular weight excluding hydrogens is 351 g/mol. The third-order valence-corrected chi connectivity index (χ3v) is 5.51. The van der Waals surface area contributed by atoms with Gasteiger partial charge in [-0.15, -0.1) is 0 Å². The van der Waals surface area contributed by atoms with E-state index in [4.69, 9.17) is 5.84 Å². The molecule has 3 rings (SSSR count). The number of aliphatic hydroxyl groups is 1. The van der Waals surface area contributed by atoms with E-state index in [1.807, 2.05) is 11.8 Å². The summed E-state index contributed by atoms with van der Waals surface area (Å²) < 4.78 is 17.1. The number of nitrogen functional groups attached to an aromatic ring is 1. The molecule has 1 atom stereocenters. The number of anilines is 1. The Labute approximate surface area is 156 Å². The summed E-state index contributed by atoms with van der Waals surface area (Å²) in [5, 5.41) is 9.34. The van der Waals surface area contributed by atoms with Gasteiger partial charge in [0.25, 0.3) is 5.56 Å². The summed E-state index contributed by atoms with van der Waals surface area (Å²) in [6.07, 6.45) is 3.18. The molecule has 0 aliphatic heterocycles. The fourth-order valence-corrected chi connectivity index (χ4v) is 3.88. The molecule has 27 heavy (non-hydrogen) atoms. The highest BCUT2D eigenvalue weighted by atomic mass is 19.1. The van der Waals surface area contributed by atoms with Gasteiger partial charge in [-0.1, -0.05) is 13.3 Å². The van der Waals surface area contributed by atoms with Crippen LogP contribution in [0.4, 0.5) is 10.1 Å². The Kier molecular flexibility index (Phi) is 5.28. The van der Waals surface area contributed by atoms with Crippen LogP contribution in [0, 0.1) is 18.7 Å². The van der Waals surface area contributed by atoms with Crippen molar-refractivity contribution in [2.24, 2.45) is 5.92 Å². The van der Waals surface area contributed by atoms with E-state index in [1.165, 1.54) is 10.6 Å². The summed E-state index contributed by atoms with van der Waals surface area (Å²) in [6, 6.07) is 1.18. The number of hydrogen-bond donors (Lipinski definition) is 2. The topological polar surface area (TPSA) is 93.5 Å². The first-order valence-electron chi connectivity index (χ1n) is 9.39. The Hall–Kier alpha value is -2.35. The summed E-state index contributed by atoms with van der Waals surface area (Å²) in [7, 11) is 1.79. The van der Waals surface area contributed by atoms with Crippen molar-refractivity contribution in [1.82, 2.24) is 9.24 Å². The van der Waals surface area contributed by atoms with Crippen LogP contribution in [0.15, 0.2) is 15.7 Å². The molecule has 2 aromatic rings. The molecule has 3 N–H and O–H groups in total. The quantitative estimate of drug-likeness (QED) is 0.713. The molecule has 148 valence electrons.